The van der Waals surface area contributed by atoms with E-state index in [0.717, 1.165) is 23.3 Å². The maximum Gasteiger partial charge on any atom is 0.0952 e. The fourth-order valence-electron chi connectivity index (χ4n) is 5.18. The first-order valence-corrected chi connectivity index (χ1v) is 6.71. The fraction of sp³-hybridized carbons (Fsp3) is 0.800. The lowest BCUT2D eigenvalue weighted by atomic mass is 9.47. The summed E-state index contributed by atoms with van der Waals surface area (Å²) in [5.74, 6) is 2.82. The molecule has 0 atom stereocenters. The highest BCUT2D eigenvalue weighted by Gasteiger charge is 2.52. The van der Waals surface area contributed by atoms with Gasteiger partial charge >= 0.3 is 0 Å². The Labute approximate surface area is 98.5 Å². The summed E-state index contributed by atoms with van der Waals surface area (Å²) in [5.41, 5.74) is 2.72. The van der Waals surface area contributed by atoms with E-state index in [1.165, 1.54) is 44.1 Å². The van der Waals surface area contributed by atoms with Crippen molar-refractivity contribution < 1.29 is 0 Å². The quantitative estimate of drug-likeness (QED) is 0.605. The van der Waals surface area contributed by atoms with Crippen LogP contribution >= 0.6 is 0 Å². The molecule has 4 aliphatic rings. The number of rotatable bonds is 1. The Hall–Kier alpha value is -0.770. The SMILES string of the molecule is CC(C)=C(C#N)C12CC3CC(CC(C3)C1)C2. The summed E-state index contributed by atoms with van der Waals surface area (Å²) >= 11 is 0. The molecule has 0 aliphatic heterocycles. The van der Waals surface area contributed by atoms with E-state index in [4.69, 9.17) is 0 Å². The Morgan fingerprint density at radius 2 is 1.44 bits per heavy atom. The predicted molar refractivity (Wildman–Crippen MR) is 64.6 cm³/mol. The molecule has 0 heterocycles. The van der Waals surface area contributed by atoms with Gasteiger partial charge in [-0.05, 0) is 70.1 Å². The van der Waals surface area contributed by atoms with E-state index >= 15 is 0 Å². The molecule has 1 heteroatoms. The molecular formula is C15H21N. The molecule has 1 nitrogen and oxygen atoms in total. The Morgan fingerprint density at radius 3 is 1.75 bits per heavy atom. The van der Waals surface area contributed by atoms with Crippen LogP contribution in [0, 0.1) is 34.5 Å². The molecule has 86 valence electrons. The first-order chi connectivity index (χ1) is 7.63. The second-order valence-electron chi connectivity index (χ2n) is 6.68. The molecule has 0 aromatic carbocycles. The third-order valence-corrected chi connectivity index (χ3v) is 5.18. The summed E-state index contributed by atoms with van der Waals surface area (Å²) in [7, 11) is 0. The number of hydrogen-bond donors (Lipinski definition) is 0. The largest absolute Gasteiger partial charge is 0.193 e. The van der Waals surface area contributed by atoms with Crippen LogP contribution in [0.5, 0.6) is 0 Å². The van der Waals surface area contributed by atoms with Gasteiger partial charge in [-0.2, -0.15) is 5.26 Å². The van der Waals surface area contributed by atoms with Gasteiger partial charge in [-0.15, -0.1) is 0 Å². The molecule has 4 fully saturated rings. The average molecular weight is 215 g/mol. The maximum atomic E-state index is 9.45. The van der Waals surface area contributed by atoms with Crippen molar-refractivity contribution in [1.82, 2.24) is 0 Å². The van der Waals surface area contributed by atoms with Crippen LogP contribution in [0.4, 0.5) is 0 Å². The summed E-state index contributed by atoms with van der Waals surface area (Å²) in [6.45, 7) is 4.24. The lowest BCUT2D eigenvalue weighted by Crippen LogP contribution is -2.47. The standard InChI is InChI=1S/C15H21N/c1-10(2)14(9-16)15-6-11-3-12(7-15)5-13(4-11)8-15/h11-13H,3-8H2,1-2H3. The van der Waals surface area contributed by atoms with E-state index in [1.54, 1.807) is 0 Å². The van der Waals surface area contributed by atoms with E-state index in [0.29, 0.717) is 5.41 Å². The van der Waals surface area contributed by atoms with Crippen LogP contribution in [0.25, 0.3) is 0 Å². The van der Waals surface area contributed by atoms with Crippen LogP contribution < -0.4 is 0 Å². The van der Waals surface area contributed by atoms with E-state index in [1.807, 2.05) is 0 Å². The van der Waals surface area contributed by atoms with Crippen molar-refractivity contribution in [3.8, 4) is 6.07 Å². The second kappa shape index (κ2) is 3.36. The van der Waals surface area contributed by atoms with Gasteiger partial charge in [-0.25, -0.2) is 0 Å². The number of nitrogens with zero attached hydrogens (tertiary/aromatic N) is 1. The third-order valence-electron chi connectivity index (χ3n) is 5.18. The van der Waals surface area contributed by atoms with Gasteiger partial charge in [0.25, 0.3) is 0 Å². The molecule has 4 rings (SSSR count). The Bertz CT molecular complexity index is 343. The minimum atomic E-state index is 0.308. The normalized spacial score (nSPS) is 44.2. The van der Waals surface area contributed by atoms with E-state index in [2.05, 4.69) is 19.9 Å². The predicted octanol–water partition coefficient (Wildman–Crippen LogP) is 4.06. The van der Waals surface area contributed by atoms with Crippen molar-refractivity contribution in [2.45, 2.75) is 52.4 Å². The smallest absolute Gasteiger partial charge is 0.0952 e. The topological polar surface area (TPSA) is 23.8 Å². The molecule has 0 aromatic heterocycles. The molecule has 4 saturated carbocycles. The Morgan fingerprint density at radius 1 is 1.00 bits per heavy atom. The van der Waals surface area contributed by atoms with Gasteiger partial charge in [0.1, 0.15) is 0 Å². The van der Waals surface area contributed by atoms with Crippen LogP contribution in [-0.2, 0) is 0 Å². The van der Waals surface area contributed by atoms with E-state index < -0.39 is 0 Å². The van der Waals surface area contributed by atoms with Crippen LogP contribution in [0.15, 0.2) is 11.1 Å². The summed E-state index contributed by atoms with van der Waals surface area (Å²) in [6.07, 6.45) is 8.31. The van der Waals surface area contributed by atoms with Crippen LogP contribution in [-0.4, -0.2) is 0 Å². The minimum Gasteiger partial charge on any atom is -0.193 e. The molecule has 0 radical (unpaired) electrons. The molecule has 0 unspecified atom stereocenters. The summed E-state index contributed by atoms with van der Waals surface area (Å²) < 4.78 is 0. The van der Waals surface area contributed by atoms with Crippen molar-refractivity contribution in [1.29, 1.82) is 5.26 Å². The molecule has 0 N–H and O–H groups in total. The highest BCUT2D eigenvalue weighted by atomic mass is 14.6. The zero-order valence-corrected chi connectivity index (χ0v) is 10.4. The van der Waals surface area contributed by atoms with Crippen LogP contribution in [0.1, 0.15) is 52.4 Å². The highest BCUT2D eigenvalue weighted by molar-refractivity contribution is 5.35. The van der Waals surface area contributed by atoms with Gasteiger partial charge in [0.05, 0.1) is 6.07 Å². The molecule has 0 spiro atoms. The average Bonchev–Trinajstić information content (AvgIpc) is 2.14. The monoisotopic (exact) mass is 215 g/mol. The van der Waals surface area contributed by atoms with Gasteiger partial charge in [-0.3, -0.25) is 0 Å². The number of nitriles is 1. The van der Waals surface area contributed by atoms with E-state index in [9.17, 15) is 5.26 Å². The first kappa shape index (κ1) is 10.4. The molecule has 16 heavy (non-hydrogen) atoms. The molecule has 0 amide bonds. The molecule has 0 aromatic rings. The molecule has 4 aliphatic carbocycles. The minimum absolute atomic E-state index is 0.308. The van der Waals surface area contributed by atoms with Crippen molar-refractivity contribution in [2.75, 3.05) is 0 Å². The summed E-state index contributed by atoms with van der Waals surface area (Å²) in [4.78, 5) is 0. The molecular weight excluding hydrogens is 194 g/mol. The van der Waals surface area contributed by atoms with Crippen molar-refractivity contribution in [3.63, 3.8) is 0 Å². The Balaban J connectivity index is 2.00. The Kier molecular flexibility index (Phi) is 2.18. The van der Waals surface area contributed by atoms with Gasteiger partial charge < -0.3 is 0 Å². The van der Waals surface area contributed by atoms with Crippen molar-refractivity contribution in [3.05, 3.63) is 11.1 Å². The lowest BCUT2D eigenvalue weighted by molar-refractivity contribution is -0.0285. The molecule has 0 saturated heterocycles. The second-order valence-corrected chi connectivity index (χ2v) is 6.68. The number of allylic oxidation sites excluding steroid dienone is 2. The lowest BCUT2D eigenvalue weighted by Gasteiger charge is -2.57. The van der Waals surface area contributed by atoms with Gasteiger partial charge in [0.2, 0.25) is 0 Å². The van der Waals surface area contributed by atoms with Crippen molar-refractivity contribution >= 4 is 0 Å². The van der Waals surface area contributed by atoms with Crippen molar-refractivity contribution in [2.24, 2.45) is 23.2 Å². The van der Waals surface area contributed by atoms with Crippen LogP contribution in [0.2, 0.25) is 0 Å². The summed E-state index contributed by atoms with van der Waals surface area (Å²) in [6, 6.07) is 2.54. The van der Waals surface area contributed by atoms with Crippen LogP contribution in [0.3, 0.4) is 0 Å². The number of hydrogen-bond acceptors (Lipinski definition) is 1. The summed E-state index contributed by atoms with van der Waals surface area (Å²) in [5, 5.41) is 9.45. The van der Waals surface area contributed by atoms with Gasteiger partial charge in [0.15, 0.2) is 0 Å². The van der Waals surface area contributed by atoms with Gasteiger partial charge in [-0.1, -0.05) is 5.57 Å². The maximum absolute atomic E-state index is 9.45. The zero-order valence-electron chi connectivity index (χ0n) is 10.4. The van der Waals surface area contributed by atoms with E-state index in [-0.39, 0.29) is 0 Å². The fourth-order valence-corrected chi connectivity index (χ4v) is 5.18. The molecule has 4 bridgehead atoms. The first-order valence-electron chi connectivity index (χ1n) is 6.71. The van der Waals surface area contributed by atoms with Gasteiger partial charge in [0, 0.05) is 11.0 Å². The third kappa shape index (κ3) is 1.35. The zero-order chi connectivity index (χ0) is 11.3. The highest BCUT2D eigenvalue weighted by Crippen LogP contribution is 2.62.